The average molecular weight is 160 g/mol. The second kappa shape index (κ2) is 3.50. The molecular weight excluding hydrogens is 155 g/mol. The Morgan fingerprint density at radius 1 is 1.17 bits per heavy atom. The first-order chi connectivity index (χ1) is 5.77. The topological polar surface area (TPSA) is 47.6 Å². The minimum absolute atomic E-state index is 0.288. The van der Waals surface area contributed by atoms with Crippen molar-refractivity contribution in [2.75, 3.05) is 0 Å². The normalized spacial score (nSPS) is 11.2. The maximum Gasteiger partial charge on any atom is 0.211 e. The van der Waals surface area contributed by atoms with Crippen LogP contribution in [0.5, 0.6) is 0 Å². The van der Waals surface area contributed by atoms with E-state index in [1.165, 1.54) is 30.3 Å². The number of hydrogen-bond acceptors (Lipinski definition) is 2. The van der Waals surface area contributed by atoms with Crippen LogP contribution in [0.4, 0.5) is 4.39 Å². The average Bonchev–Trinajstić information content (AvgIpc) is 2.17. The van der Waals surface area contributed by atoms with Gasteiger partial charge >= 0.3 is 0 Å². The number of nitriles is 2. The third-order valence-electron chi connectivity index (χ3n) is 1.45. The zero-order valence-electron chi connectivity index (χ0n) is 6.16. The van der Waals surface area contributed by atoms with Crippen LogP contribution in [0.2, 0.25) is 0 Å². The highest BCUT2D eigenvalue weighted by atomic mass is 19.1. The molecule has 1 rings (SSSR count). The second-order valence-electron chi connectivity index (χ2n) is 2.23. The van der Waals surface area contributed by atoms with Crippen molar-refractivity contribution in [3.8, 4) is 12.1 Å². The minimum atomic E-state index is -1.60. The van der Waals surface area contributed by atoms with E-state index in [1.807, 2.05) is 6.07 Å². The fourth-order valence-corrected chi connectivity index (χ4v) is 0.801. The Kier molecular flexibility index (Phi) is 2.40. The van der Waals surface area contributed by atoms with Crippen molar-refractivity contribution in [3.05, 3.63) is 35.4 Å². The number of benzene rings is 1. The highest BCUT2D eigenvalue weighted by molar-refractivity contribution is 5.33. The third kappa shape index (κ3) is 1.59. The lowest BCUT2D eigenvalue weighted by atomic mass is 10.1. The van der Waals surface area contributed by atoms with E-state index in [0.717, 1.165) is 0 Å². The number of alkyl halides is 1. The van der Waals surface area contributed by atoms with Crippen molar-refractivity contribution in [2.45, 2.75) is 6.17 Å². The SMILES string of the molecule is N#Cc1ccc(C(F)C#N)cc1. The summed E-state index contributed by atoms with van der Waals surface area (Å²) in [5.41, 5.74) is 0.750. The van der Waals surface area contributed by atoms with Crippen LogP contribution < -0.4 is 0 Å². The van der Waals surface area contributed by atoms with Crippen molar-refractivity contribution >= 4 is 0 Å². The fourth-order valence-electron chi connectivity index (χ4n) is 0.801. The zero-order chi connectivity index (χ0) is 8.97. The van der Waals surface area contributed by atoms with Crippen molar-refractivity contribution < 1.29 is 4.39 Å². The molecular formula is C9H5FN2. The van der Waals surface area contributed by atoms with Crippen molar-refractivity contribution in [1.29, 1.82) is 10.5 Å². The van der Waals surface area contributed by atoms with Crippen LogP contribution in [-0.4, -0.2) is 0 Å². The van der Waals surface area contributed by atoms with E-state index in [-0.39, 0.29) is 5.56 Å². The molecule has 58 valence electrons. The number of rotatable bonds is 1. The standard InChI is InChI=1S/C9H5FN2/c10-9(6-12)8-3-1-7(5-11)2-4-8/h1-4,9H. The molecule has 0 aliphatic heterocycles. The Labute approximate surface area is 69.5 Å². The third-order valence-corrected chi connectivity index (χ3v) is 1.45. The molecule has 0 amide bonds. The molecule has 0 radical (unpaired) electrons. The Morgan fingerprint density at radius 2 is 1.75 bits per heavy atom. The van der Waals surface area contributed by atoms with Gasteiger partial charge in [-0.3, -0.25) is 0 Å². The van der Waals surface area contributed by atoms with Gasteiger partial charge in [-0.2, -0.15) is 10.5 Å². The molecule has 0 aliphatic rings. The van der Waals surface area contributed by atoms with Gasteiger partial charge in [0.05, 0.1) is 11.6 Å². The first-order valence-electron chi connectivity index (χ1n) is 3.31. The second-order valence-corrected chi connectivity index (χ2v) is 2.23. The number of halogens is 1. The van der Waals surface area contributed by atoms with Crippen LogP contribution in [-0.2, 0) is 0 Å². The van der Waals surface area contributed by atoms with Crippen molar-refractivity contribution in [1.82, 2.24) is 0 Å². The van der Waals surface area contributed by atoms with Gasteiger partial charge in [0.2, 0.25) is 6.17 Å². The quantitative estimate of drug-likeness (QED) is 0.631. The first kappa shape index (κ1) is 8.23. The van der Waals surface area contributed by atoms with Gasteiger partial charge in [0.1, 0.15) is 6.07 Å². The molecule has 0 spiro atoms. The van der Waals surface area contributed by atoms with Crippen LogP contribution in [0.25, 0.3) is 0 Å². The molecule has 1 aromatic carbocycles. The van der Waals surface area contributed by atoms with Crippen LogP contribution >= 0.6 is 0 Å². The first-order valence-corrected chi connectivity index (χ1v) is 3.31. The van der Waals surface area contributed by atoms with Crippen LogP contribution in [0, 0.1) is 22.7 Å². The summed E-state index contributed by atoms with van der Waals surface area (Å²) >= 11 is 0. The maximum absolute atomic E-state index is 12.7. The fraction of sp³-hybridized carbons (Fsp3) is 0.111. The highest BCUT2D eigenvalue weighted by Gasteiger charge is 2.06. The van der Waals surface area contributed by atoms with Gasteiger partial charge in [0.25, 0.3) is 0 Å². The Balaban J connectivity index is 2.96. The molecule has 2 nitrogen and oxygen atoms in total. The van der Waals surface area contributed by atoms with Crippen molar-refractivity contribution in [2.24, 2.45) is 0 Å². The van der Waals surface area contributed by atoms with Gasteiger partial charge in [-0.1, -0.05) is 12.1 Å². The molecule has 0 aromatic heterocycles. The van der Waals surface area contributed by atoms with E-state index in [9.17, 15) is 4.39 Å². The molecule has 0 saturated carbocycles. The lowest BCUT2D eigenvalue weighted by molar-refractivity contribution is 0.424. The van der Waals surface area contributed by atoms with Crippen LogP contribution in [0.15, 0.2) is 24.3 Å². The summed E-state index contributed by atoms with van der Waals surface area (Å²) in [5, 5.41) is 16.6. The van der Waals surface area contributed by atoms with Gasteiger partial charge in [-0.05, 0) is 12.1 Å². The van der Waals surface area contributed by atoms with E-state index in [4.69, 9.17) is 10.5 Å². The summed E-state index contributed by atoms with van der Waals surface area (Å²) in [7, 11) is 0. The molecule has 3 heteroatoms. The molecule has 0 heterocycles. The van der Waals surface area contributed by atoms with Gasteiger partial charge in [0, 0.05) is 5.56 Å². The molecule has 0 aliphatic carbocycles. The van der Waals surface area contributed by atoms with E-state index < -0.39 is 6.17 Å². The van der Waals surface area contributed by atoms with Gasteiger partial charge in [0.15, 0.2) is 0 Å². The molecule has 1 unspecified atom stereocenters. The summed E-state index contributed by atoms with van der Waals surface area (Å²) in [6, 6.07) is 9.22. The van der Waals surface area contributed by atoms with Gasteiger partial charge in [-0.15, -0.1) is 0 Å². The summed E-state index contributed by atoms with van der Waals surface area (Å²) in [6.45, 7) is 0. The maximum atomic E-state index is 12.7. The van der Waals surface area contributed by atoms with Crippen LogP contribution in [0.3, 0.4) is 0 Å². The molecule has 0 bridgehead atoms. The zero-order valence-corrected chi connectivity index (χ0v) is 6.16. The number of nitrogens with zero attached hydrogens (tertiary/aromatic N) is 2. The Hall–Kier alpha value is -1.87. The predicted molar refractivity (Wildman–Crippen MR) is 40.6 cm³/mol. The van der Waals surface area contributed by atoms with Crippen molar-refractivity contribution in [3.63, 3.8) is 0 Å². The van der Waals surface area contributed by atoms with Gasteiger partial charge in [-0.25, -0.2) is 4.39 Å². The van der Waals surface area contributed by atoms with E-state index in [2.05, 4.69) is 0 Å². The summed E-state index contributed by atoms with van der Waals surface area (Å²) in [4.78, 5) is 0. The Bertz CT molecular complexity index is 342. The molecule has 1 aromatic rings. The van der Waals surface area contributed by atoms with E-state index >= 15 is 0 Å². The van der Waals surface area contributed by atoms with E-state index in [1.54, 1.807) is 0 Å². The highest BCUT2D eigenvalue weighted by Crippen LogP contribution is 2.16. The molecule has 12 heavy (non-hydrogen) atoms. The Morgan fingerprint density at radius 3 is 2.17 bits per heavy atom. The van der Waals surface area contributed by atoms with E-state index in [0.29, 0.717) is 5.56 Å². The summed E-state index contributed by atoms with van der Waals surface area (Å²) in [5.74, 6) is 0. The molecule has 0 saturated heterocycles. The van der Waals surface area contributed by atoms with Gasteiger partial charge < -0.3 is 0 Å². The summed E-state index contributed by atoms with van der Waals surface area (Å²) < 4.78 is 12.7. The monoisotopic (exact) mass is 160 g/mol. The largest absolute Gasteiger partial charge is 0.226 e. The molecule has 0 fully saturated rings. The number of hydrogen-bond donors (Lipinski definition) is 0. The molecule has 0 N–H and O–H groups in total. The van der Waals surface area contributed by atoms with Crippen LogP contribution in [0.1, 0.15) is 17.3 Å². The lowest BCUT2D eigenvalue weighted by Crippen LogP contribution is -1.86. The predicted octanol–water partition coefficient (Wildman–Crippen LogP) is 2.09. The smallest absolute Gasteiger partial charge is 0.211 e. The minimum Gasteiger partial charge on any atom is -0.226 e. The lowest BCUT2D eigenvalue weighted by Gasteiger charge is -1.97. The summed E-state index contributed by atoms with van der Waals surface area (Å²) in [6.07, 6.45) is -1.60. The molecule has 1 atom stereocenters.